The number of hydrogen-bond donors (Lipinski definition) is 2. The summed E-state index contributed by atoms with van der Waals surface area (Å²) in [6, 6.07) is 0.0521. The predicted octanol–water partition coefficient (Wildman–Crippen LogP) is 0.709. The lowest BCUT2D eigenvalue weighted by atomic mass is 10.3. The zero-order valence-electron chi connectivity index (χ0n) is 5.52. The smallest absolute Gasteiger partial charge is 0.0630 e. The van der Waals surface area contributed by atoms with Crippen LogP contribution in [0.5, 0.6) is 0 Å². The van der Waals surface area contributed by atoms with Crippen molar-refractivity contribution in [2.75, 3.05) is 12.5 Å². The lowest BCUT2D eigenvalue weighted by Crippen LogP contribution is -2.28. The van der Waals surface area contributed by atoms with Gasteiger partial charge in [-0.15, -0.1) is 11.6 Å². The van der Waals surface area contributed by atoms with Gasteiger partial charge in [-0.05, 0) is 6.92 Å². The maximum atomic E-state index is 8.53. The molecule has 0 fully saturated rings. The van der Waals surface area contributed by atoms with Crippen molar-refractivity contribution in [2.45, 2.75) is 13.0 Å². The van der Waals surface area contributed by atoms with Crippen molar-refractivity contribution in [3.63, 3.8) is 0 Å². The summed E-state index contributed by atoms with van der Waals surface area (Å²) in [5.41, 5.74) is 0.748. The van der Waals surface area contributed by atoms with Crippen molar-refractivity contribution < 1.29 is 5.11 Å². The van der Waals surface area contributed by atoms with E-state index in [2.05, 4.69) is 11.9 Å². The Labute approximate surface area is 60.5 Å². The van der Waals surface area contributed by atoms with Gasteiger partial charge in [0.15, 0.2) is 0 Å². The number of nitrogens with one attached hydrogen (secondary N) is 1. The highest BCUT2D eigenvalue weighted by molar-refractivity contribution is 6.19. The fraction of sp³-hybridized carbons (Fsp3) is 0.667. The van der Waals surface area contributed by atoms with Crippen LogP contribution in [0.15, 0.2) is 12.3 Å². The number of alkyl halides is 1. The fourth-order valence-corrected chi connectivity index (χ4v) is 0.510. The van der Waals surface area contributed by atoms with Crippen LogP contribution in [-0.2, 0) is 0 Å². The molecule has 0 aliphatic carbocycles. The second kappa shape index (κ2) is 4.65. The molecule has 2 N–H and O–H groups in total. The van der Waals surface area contributed by atoms with E-state index in [1.54, 1.807) is 0 Å². The van der Waals surface area contributed by atoms with Gasteiger partial charge in [-0.1, -0.05) is 6.58 Å². The molecule has 0 aromatic heterocycles. The molecule has 0 bridgehead atoms. The van der Waals surface area contributed by atoms with Crippen LogP contribution in [0, 0.1) is 0 Å². The second-order valence-corrected chi connectivity index (χ2v) is 2.23. The Morgan fingerprint density at radius 1 is 1.89 bits per heavy atom. The quantitative estimate of drug-likeness (QED) is 0.577. The van der Waals surface area contributed by atoms with Crippen molar-refractivity contribution in [1.29, 1.82) is 0 Å². The van der Waals surface area contributed by atoms with Crippen LogP contribution in [0.4, 0.5) is 0 Å². The van der Waals surface area contributed by atoms with Gasteiger partial charge in [-0.25, -0.2) is 0 Å². The molecule has 3 heteroatoms. The second-order valence-electron chi connectivity index (χ2n) is 1.97. The van der Waals surface area contributed by atoms with Crippen molar-refractivity contribution in [1.82, 2.24) is 5.32 Å². The first-order valence-corrected chi connectivity index (χ1v) is 3.35. The minimum Gasteiger partial charge on any atom is -0.394 e. The largest absolute Gasteiger partial charge is 0.394 e. The van der Waals surface area contributed by atoms with Gasteiger partial charge in [-0.3, -0.25) is 0 Å². The van der Waals surface area contributed by atoms with Gasteiger partial charge >= 0.3 is 0 Å². The number of halogens is 1. The van der Waals surface area contributed by atoms with E-state index in [0.29, 0.717) is 5.88 Å². The summed E-state index contributed by atoms with van der Waals surface area (Å²) in [4.78, 5) is 0. The molecule has 0 rings (SSSR count). The van der Waals surface area contributed by atoms with Gasteiger partial charge in [0, 0.05) is 11.7 Å². The monoisotopic (exact) mass is 149 g/mol. The zero-order valence-corrected chi connectivity index (χ0v) is 6.28. The van der Waals surface area contributed by atoms with E-state index in [1.807, 2.05) is 6.92 Å². The molecule has 0 radical (unpaired) electrons. The molecule has 0 unspecified atom stereocenters. The minimum absolute atomic E-state index is 0.0521. The molecular weight excluding hydrogens is 138 g/mol. The van der Waals surface area contributed by atoms with Crippen LogP contribution in [0.2, 0.25) is 0 Å². The SMILES string of the molecule is C=C(CCl)N[C@@H](C)CO. The average molecular weight is 150 g/mol. The van der Waals surface area contributed by atoms with E-state index in [0.717, 1.165) is 5.70 Å². The molecule has 0 saturated carbocycles. The van der Waals surface area contributed by atoms with Gasteiger partial charge in [0.25, 0.3) is 0 Å². The van der Waals surface area contributed by atoms with Gasteiger partial charge in [0.05, 0.1) is 12.5 Å². The Bertz CT molecular complexity index is 95.1. The molecule has 9 heavy (non-hydrogen) atoms. The molecule has 0 aromatic carbocycles. The van der Waals surface area contributed by atoms with Crippen LogP contribution in [0.1, 0.15) is 6.92 Å². The summed E-state index contributed by atoms with van der Waals surface area (Å²) in [5, 5.41) is 11.4. The Morgan fingerprint density at radius 2 is 2.44 bits per heavy atom. The van der Waals surface area contributed by atoms with E-state index >= 15 is 0 Å². The molecule has 1 atom stereocenters. The third-order valence-electron chi connectivity index (χ3n) is 0.886. The normalized spacial score (nSPS) is 12.8. The highest BCUT2D eigenvalue weighted by Crippen LogP contribution is 1.90. The van der Waals surface area contributed by atoms with Gasteiger partial charge in [0.2, 0.25) is 0 Å². The third kappa shape index (κ3) is 4.30. The van der Waals surface area contributed by atoms with Crippen molar-refractivity contribution >= 4 is 11.6 Å². The zero-order chi connectivity index (χ0) is 7.28. The van der Waals surface area contributed by atoms with Crippen LogP contribution in [0.3, 0.4) is 0 Å². The summed E-state index contributed by atoms with van der Waals surface area (Å²) in [5.74, 6) is 0.393. The van der Waals surface area contributed by atoms with E-state index in [1.165, 1.54) is 0 Å². The van der Waals surface area contributed by atoms with Crippen LogP contribution in [-0.4, -0.2) is 23.6 Å². The predicted molar refractivity (Wildman–Crippen MR) is 39.5 cm³/mol. The Hall–Kier alpha value is -0.210. The highest BCUT2D eigenvalue weighted by atomic mass is 35.5. The van der Waals surface area contributed by atoms with Crippen LogP contribution in [0.25, 0.3) is 0 Å². The highest BCUT2D eigenvalue weighted by Gasteiger charge is 1.97. The standard InChI is InChI=1S/C6H12ClNO/c1-5(3-7)8-6(2)4-9/h6,8-9H,1,3-4H2,2H3/t6-/m0/s1. The third-order valence-corrected chi connectivity index (χ3v) is 1.21. The Morgan fingerprint density at radius 3 is 2.78 bits per heavy atom. The van der Waals surface area contributed by atoms with Crippen molar-refractivity contribution in [3.05, 3.63) is 12.3 Å². The number of aliphatic hydroxyl groups is 1. The molecule has 0 amide bonds. The lowest BCUT2D eigenvalue weighted by molar-refractivity contribution is 0.259. The molecule has 0 aliphatic rings. The summed E-state index contributed by atoms with van der Waals surface area (Å²) in [6.45, 7) is 5.57. The molecule has 0 saturated heterocycles. The van der Waals surface area contributed by atoms with E-state index in [4.69, 9.17) is 16.7 Å². The molecule has 0 aromatic rings. The minimum atomic E-state index is 0.0521. The summed E-state index contributed by atoms with van der Waals surface area (Å²) in [6.07, 6.45) is 0. The van der Waals surface area contributed by atoms with Crippen molar-refractivity contribution in [3.8, 4) is 0 Å². The van der Waals surface area contributed by atoms with Crippen LogP contribution >= 0.6 is 11.6 Å². The first-order chi connectivity index (χ1) is 4.20. The maximum Gasteiger partial charge on any atom is 0.0630 e. The average Bonchev–Trinajstić information content (AvgIpc) is 1.87. The van der Waals surface area contributed by atoms with E-state index in [-0.39, 0.29) is 12.6 Å². The number of aliphatic hydroxyl groups excluding tert-OH is 1. The molecule has 54 valence electrons. The Balaban J connectivity index is 3.34. The molecule has 2 nitrogen and oxygen atoms in total. The van der Waals surface area contributed by atoms with E-state index < -0.39 is 0 Å². The molecular formula is C6H12ClNO. The number of hydrogen-bond acceptors (Lipinski definition) is 2. The summed E-state index contributed by atoms with van der Waals surface area (Å²) in [7, 11) is 0. The molecule has 0 spiro atoms. The molecule has 0 aliphatic heterocycles. The van der Waals surface area contributed by atoms with Crippen LogP contribution < -0.4 is 5.32 Å². The fourth-order valence-electron chi connectivity index (χ4n) is 0.433. The van der Waals surface area contributed by atoms with Crippen molar-refractivity contribution in [2.24, 2.45) is 0 Å². The first-order valence-electron chi connectivity index (χ1n) is 2.81. The maximum absolute atomic E-state index is 8.53. The van der Waals surface area contributed by atoms with Gasteiger partial charge in [0.1, 0.15) is 0 Å². The molecule has 0 heterocycles. The lowest BCUT2D eigenvalue weighted by Gasteiger charge is -2.11. The summed E-state index contributed by atoms with van der Waals surface area (Å²) >= 11 is 5.41. The van der Waals surface area contributed by atoms with E-state index in [9.17, 15) is 0 Å². The summed E-state index contributed by atoms with van der Waals surface area (Å²) < 4.78 is 0. The number of rotatable bonds is 4. The van der Waals surface area contributed by atoms with Gasteiger partial charge < -0.3 is 10.4 Å². The van der Waals surface area contributed by atoms with Gasteiger partial charge in [-0.2, -0.15) is 0 Å². The number of allylic oxidation sites excluding steroid dienone is 1. The first kappa shape index (κ1) is 8.79. The Kier molecular flexibility index (Phi) is 4.54. The topological polar surface area (TPSA) is 32.3 Å².